The minimum Gasteiger partial charge on any atom is -0.496 e. The molecule has 4 heterocycles. The van der Waals surface area contributed by atoms with Gasteiger partial charge in [-0.3, -0.25) is 0 Å². The molecule has 0 bridgehead atoms. The summed E-state index contributed by atoms with van der Waals surface area (Å²) in [5.74, 6) is 2.54. The summed E-state index contributed by atoms with van der Waals surface area (Å²) in [5, 5.41) is 5.84. The van der Waals surface area contributed by atoms with E-state index < -0.39 is 0 Å². The lowest BCUT2D eigenvalue weighted by atomic mass is 9.91. The number of fused-ring (bicyclic) bond motifs is 2. The average Bonchev–Trinajstić information content (AvgIpc) is 3.61. The van der Waals surface area contributed by atoms with Gasteiger partial charge in [0.15, 0.2) is 5.76 Å². The van der Waals surface area contributed by atoms with E-state index in [0.29, 0.717) is 40.6 Å². The summed E-state index contributed by atoms with van der Waals surface area (Å²) in [5.41, 5.74) is 3.88. The number of imidazole rings is 1. The molecule has 3 aromatic heterocycles. The van der Waals surface area contributed by atoms with E-state index in [1.54, 1.807) is 24.9 Å². The van der Waals surface area contributed by atoms with Crippen LogP contribution >= 0.6 is 11.3 Å². The SMILES string of the molecule is COc1cc(OCc2cccc(C3CCOCC3)c2)c2cc(-c3cnc4sc(OC)nn34)oc2c1. The predicted octanol–water partition coefficient (Wildman–Crippen LogP) is 5.69. The zero-order valence-corrected chi connectivity index (χ0v) is 20.3. The number of methoxy groups -OCH3 is 2. The zero-order chi connectivity index (χ0) is 23.8. The third kappa shape index (κ3) is 4.21. The van der Waals surface area contributed by atoms with Crippen LogP contribution in [0.15, 0.2) is 53.1 Å². The van der Waals surface area contributed by atoms with Gasteiger partial charge in [0, 0.05) is 25.3 Å². The van der Waals surface area contributed by atoms with E-state index >= 15 is 0 Å². The third-order valence-electron chi connectivity index (χ3n) is 6.34. The Morgan fingerprint density at radius 2 is 1.97 bits per heavy atom. The van der Waals surface area contributed by atoms with Crippen LogP contribution in [0, 0.1) is 0 Å². The van der Waals surface area contributed by atoms with Crippen LogP contribution in [0.2, 0.25) is 0 Å². The lowest BCUT2D eigenvalue weighted by molar-refractivity contribution is 0.0853. The maximum atomic E-state index is 6.31. The fourth-order valence-corrected chi connectivity index (χ4v) is 5.19. The van der Waals surface area contributed by atoms with Crippen LogP contribution in [-0.2, 0) is 11.3 Å². The molecule has 0 aliphatic carbocycles. The van der Waals surface area contributed by atoms with Gasteiger partial charge in [0.1, 0.15) is 29.4 Å². The molecule has 0 N–H and O–H groups in total. The second-order valence-electron chi connectivity index (χ2n) is 8.48. The summed E-state index contributed by atoms with van der Waals surface area (Å²) >= 11 is 1.37. The number of benzene rings is 2. The highest BCUT2D eigenvalue weighted by Gasteiger charge is 2.19. The molecule has 35 heavy (non-hydrogen) atoms. The Morgan fingerprint density at radius 3 is 2.80 bits per heavy atom. The van der Waals surface area contributed by atoms with Crippen LogP contribution in [0.3, 0.4) is 0 Å². The lowest BCUT2D eigenvalue weighted by Gasteiger charge is -2.22. The Morgan fingerprint density at radius 1 is 1.09 bits per heavy atom. The van der Waals surface area contributed by atoms with E-state index in [1.165, 1.54) is 16.9 Å². The molecule has 1 saturated heterocycles. The van der Waals surface area contributed by atoms with Gasteiger partial charge in [0.2, 0.25) is 4.96 Å². The van der Waals surface area contributed by atoms with Crippen molar-refractivity contribution in [2.24, 2.45) is 0 Å². The normalized spacial score (nSPS) is 14.6. The molecule has 8 nitrogen and oxygen atoms in total. The number of ether oxygens (including phenoxy) is 4. The van der Waals surface area contributed by atoms with Gasteiger partial charge in [-0.15, -0.1) is 5.10 Å². The van der Waals surface area contributed by atoms with Gasteiger partial charge in [-0.05, 0) is 47.3 Å². The summed E-state index contributed by atoms with van der Waals surface area (Å²) in [6, 6.07) is 14.3. The molecule has 1 aliphatic rings. The Labute approximate surface area is 206 Å². The second-order valence-corrected chi connectivity index (χ2v) is 9.40. The minimum absolute atomic E-state index is 0.444. The standard InChI is InChI=1S/C26H25N3O5S/c1-30-19-11-22(33-15-16-4-3-5-18(10-16)17-6-8-32-9-7-17)20-13-24(34-23(20)12-19)21-14-27-25-29(21)28-26(31-2)35-25/h3-5,10-14,17H,6-9,15H2,1-2H3. The number of aromatic nitrogens is 3. The summed E-state index contributed by atoms with van der Waals surface area (Å²) in [6.45, 7) is 2.10. The predicted molar refractivity (Wildman–Crippen MR) is 133 cm³/mol. The van der Waals surface area contributed by atoms with Crippen molar-refractivity contribution in [3.63, 3.8) is 0 Å². The first kappa shape index (κ1) is 21.9. The number of furan rings is 1. The number of rotatable bonds is 7. The van der Waals surface area contributed by atoms with E-state index in [2.05, 4.69) is 34.3 Å². The molecule has 5 aromatic rings. The van der Waals surface area contributed by atoms with Gasteiger partial charge in [0.05, 0.1) is 25.8 Å². The summed E-state index contributed by atoms with van der Waals surface area (Å²) in [7, 11) is 3.22. The lowest BCUT2D eigenvalue weighted by Crippen LogP contribution is -2.14. The van der Waals surface area contributed by atoms with Gasteiger partial charge < -0.3 is 23.4 Å². The van der Waals surface area contributed by atoms with Crippen LogP contribution in [0.5, 0.6) is 16.7 Å². The fraction of sp³-hybridized carbons (Fsp3) is 0.308. The van der Waals surface area contributed by atoms with Gasteiger partial charge >= 0.3 is 0 Å². The first-order chi connectivity index (χ1) is 17.2. The Balaban J connectivity index is 1.31. The highest BCUT2D eigenvalue weighted by atomic mass is 32.1. The summed E-state index contributed by atoms with van der Waals surface area (Å²) < 4.78 is 30.5. The van der Waals surface area contributed by atoms with Crippen LogP contribution in [0.4, 0.5) is 0 Å². The van der Waals surface area contributed by atoms with E-state index in [1.807, 2.05) is 18.2 Å². The van der Waals surface area contributed by atoms with Crippen molar-refractivity contribution in [3.05, 3.63) is 59.8 Å². The van der Waals surface area contributed by atoms with E-state index in [0.717, 1.165) is 47.7 Å². The largest absolute Gasteiger partial charge is 0.496 e. The van der Waals surface area contributed by atoms with E-state index in [9.17, 15) is 0 Å². The monoisotopic (exact) mass is 491 g/mol. The molecule has 1 fully saturated rings. The molecule has 180 valence electrons. The zero-order valence-electron chi connectivity index (χ0n) is 19.5. The quantitative estimate of drug-likeness (QED) is 0.289. The summed E-state index contributed by atoms with van der Waals surface area (Å²) in [4.78, 5) is 5.16. The van der Waals surface area contributed by atoms with Crippen molar-refractivity contribution >= 4 is 27.3 Å². The van der Waals surface area contributed by atoms with Crippen molar-refractivity contribution in [2.45, 2.75) is 25.4 Å². The van der Waals surface area contributed by atoms with Crippen LogP contribution < -0.4 is 14.2 Å². The molecular formula is C26H25N3O5S. The molecule has 0 amide bonds. The highest BCUT2D eigenvalue weighted by molar-refractivity contribution is 7.18. The van der Waals surface area contributed by atoms with Crippen molar-refractivity contribution in [1.29, 1.82) is 0 Å². The fourth-order valence-electron chi connectivity index (χ4n) is 4.50. The van der Waals surface area contributed by atoms with E-state index in [-0.39, 0.29) is 0 Å². The van der Waals surface area contributed by atoms with Crippen molar-refractivity contribution < 1.29 is 23.4 Å². The Kier molecular flexibility index (Phi) is 5.79. The first-order valence-corrected chi connectivity index (χ1v) is 12.3. The molecule has 6 rings (SSSR count). The second kappa shape index (κ2) is 9.24. The topological polar surface area (TPSA) is 80.2 Å². The molecule has 0 saturated carbocycles. The molecule has 2 aromatic carbocycles. The first-order valence-electron chi connectivity index (χ1n) is 11.5. The van der Waals surface area contributed by atoms with Gasteiger partial charge in [-0.1, -0.05) is 24.3 Å². The molecule has 0 radical (unpaired) electrons. The van der Waals surface area contributed by atoms with Crippen molar-refractivity contribution in [2.75, 3.05) is 27.4 Å². The smallest absolute Gasteiger partial charge is 0.294 e. The molecule has 0 unspecified atom stereocenters. The molecule has 1 aliphatic heterocycles. The Bertz CT molecular complexity index is 1480. The van der Waals surface area contributed by atoms with Crippen molar-refractivity contribution in [1.82, 2.24) is 14.6 Å². The molecule has 0 atom stereocenters. The maximum absolute atomic E-state index is 6.31. The van der Waals surface area contributed by atoms with Crippen LogP contribution in [0.25, 0.3) is 27.4 Å². The minimum atomic E-state index is 0.444. The van der Waals surface area contributed by atoms with Crippen LogP contribution in [0.1, 0.15) is 29.9 Å². The van der Waals surface area contributed by atoms with Crippen LogP contribution in [-0.4, -0.2) is 42.0 Å². The average molecular weight is 492 g/mol. The van der Waals surface area contributed by atoms with E-state index in [4.69, 9.17) is 23.4 Å². The number of hydrogen-bond acceptors (Lipinski definition) is 8. The molecule has 9 heteroatoms. The maximum Gasteiger partial charge on any atom is 0.294 e. The summed E-state index contributed by atoms with van der Waals surface area (Å²) in [6.07, 6.45) is 3.87. The third-order valence-corrected chi connectivity index (χ3v) is 7.22. The van der Waals surface area contributed by atoms with Gasteiger partial charge in [0.25, 0.3) is 5.19 Å². The van der Waals surface area contributed by atoms with Gasteiger partial charge in [-0.25, -0.2) is 4.98 Å². The molecular weight excluding hydrogens is 466 g/mol. The number of hydrogen-bond donors (Lipinski definition) is 0. The highest BCUT2D eigenvalue weighted by Crippen LogP contribution is 2.38. The van der Waals surface area contributed by atoms with Gasteiger partial charge in [-0.2, -0.15) is 4.52 Å². The molecule has 0 spiro atoms. The van der Waals surface area contributed by atoms with Crippen molar-refractivity contribution in [3.8, 4) is 28.1 Å². The Hall–Kier alpha value is -3.56. The number of nitrogens with zero attached hydrogens (tertiary/aromatic N) is 3.